The molecule has 1 atom stereocenters. The number of unbranched alkanes of at least 4 members (excludes halogenated alkanes) is 1. The van der Waals surface area contributed by atoms with Crippen LogP contribution in [0.25, 0.3) is 21.9 Å². The molecule has 0 aliphatic rings. The molecule has 138 valence electrons. The van der Waals surface area contributed by atoms with Gasteiger partial charge in [0, 0.05) is 11.8 Å². The summed E-state index contributed by atoms with van der Waals surface area (Å²) in [7, 11) is 0. The lowest BCUT2D eigenvalue weighted by atomic mass is 10.1. The minimum atomic E-state index is -1.02. The monoisotopic (exact) mass is 357 g/mol. The highest BCUT2D eigenvalue weighted by atomic mass is 16.4. The van der Waals surface area contributed by atoms with Gasteiger partial charge in [-0.25, -0.2) is 20.6 Å². The fourth-order valence-corrected chi connectivity index (χ4v) is 3.16. The number of carboxylic acid groups (broad SMARTS) is 1. The van der Waals surface area contributed by atoms with Crippen molar-refractivity contribution in [2.45, 2.75) is 45.8 Å². The molecule has 5 N–H and O–H groups in total. The average Bonchev–Trinajstić information content (AvgIpc) is 2.96. The van der Waals surface area contributed by atoms with Crippen LogP contribution in [0.2, 0.25) is 0 Å². The molecule has 2 aromatic heterocycles. The van der Waals surface area contributed by atoms with E-state index in [1.165, 1.54) is 6.07 Å². The summed E-state index contributed by atoms with van der Waals surface area (Å²) in [6.45, 7) is 4.22. The Morgan fingerprint density at radius 2 is 2.15 bits per heavy atom. The summed E-state index contributed by atoms with van der Waals surface area (Å²) < 4.78 is 1.99. The van der Waals surface area contributed by atoms with E-state index in [9.17, 15) is 15.0 Å². The predicted octanol–water partition coefficient (Wildman–Crippen LogP) is 2.29. The van der Waals surface area contributed by atoms with Gasteiger partial charge in [-0.2, -0.15) is 0 Å². The van der Waals surface area contributed by atoms with E-state index in [4.69, 9.17) is 10.8 Å². The zero-order valence-corrected chi connectivity index (χ0v) is 14.9. The van der Waals surface area contributed by atoms with Crippen molar-refractivity contribution in [3.8, 4) is 0 Å². The number of aromatic carboxylic acids is 1. The summed E-state index contributed by atoms with van der Waals surface area (Å²) in [4.78, 5) is 20.4. The van der Waals surface area contributed by atoms with Crippen LogP contribution >= 0.6 is 0 Å². The summed E-state index contributed by atoms with van der Waals surface area (Å²) in [6.07, 6.45) is 2.23. The van der Waals surface area contributed by atoms with Gasteiger partial charge in [-0.3, -0.25) is 0 Å². The molecule has 0 amide bonds. The first-order chi connectivity index (χ1) is 12.5. The number of aromatic nitrogens is 3. The van der Waals surface area contributed by atoms with E-state index in [0.717, 1.165) is 36.0 Å². The van der Waals surface area contributed by atoms with Crippen molar-refractivity contribution in [1.82, 2.24) is 14.5 Å². The number of fused-ring (bicyclic) bond motifs is 3. The number of anilines is 1. The first kappa shape index (κ1) is 18.1. The largest absolute Gasteiger partial charge is 0.478 e. The number of nitrogens with zero attached hydrogens (tertiary/aromatic N) is 3. The fraction of sp³-hybridized carbons (Fsp3) is 0.389. The van der Waals surface area contributed by atoms with Crippen LogP contribution < -0.4 is 11.3 Å². The Hall–Kier alpha value is -2.71. The summed E-state index contributed by atoms with van der Waals surface area (Å²) in [6, 6.07) is 4.80. The maximum absolute atomic E-state index is 11.3. The maximum atomic E-state index is 11.3. The van der Waals surface area contributed by atoms with Gasteiger partial charge < -0.3 is 20.2 Å². The van der Waals surface area contributed by atoms with E-state index in [1.54, 1.807) is 19.1 Å². The molecular formula is C18H23N5O3. The van der Waals surface area contributed by atoms with Crippen LogP contribution in [0, 0.1) is 0 Å². The first-order valence-electron chi connectivity index (χ1n) is 8.67. The van der Waals surface area contributed by atoms with Crippen LogP contribution in [0.5, 0.6) is 0 Å². The predicted molar refractivity (Wildman–Crippen MR) is 100 cm³/mol. The number of hydrogen-bond acceptors (Lipinski definition) is 6. The summed E-state index contributed by atoms with van der Waals surface area (Å²) >= 11 is 0. The highest BCUT2D eigenvalue weighted by Crippen LogP contribution is 2.31. The van der Waals surface area contributed by atoms with Crippen LogP contribution in [0.1, 0.15) is 42.9 Å². The van der Waals surface area contributed by atoms with Gasteiger partial charge in [0.2, 0.25) is 0 Å². The van der Waals surface area contributed by atoms with Crippen molar-refractivity contribution in [3.05, 3.63) is 29.6 Å². The highest BCUT2D eigenvalue weighted by molar-refractivity contribution is 6.08. The molecule has 1 unspecified atom stereocenters. The van der Waals surface area contributed by atoms with Crippen LogP contribution in [-0.2, 0) is 13.0 Å². The number of imidazole rings is 1. The lowest BCUT2D eigenvalue weighted by Gasteiger charge is -2.13. The van der Waals surface area contributed by atoms with Gasteiger partial charge in [-0.15, -0.1) is 0 Å². The van der Waals surface area contributed by atoms with Gasteiger partial charge in [0.25, 0.3) is 0 Å². The highest BCUT2D eigenvalue weighted by Gasteiger charge is 2.19. The van der Waals surface area contributed by atoms with Gasteiger partial charge in [0.1, 0.15) is 11.3 Å². The molecule has 8 nitrogen and oxygen atoms in total. The van der Waals surface area contributed by atoms with E-state index in [2.05, 4.69) is 17.3 Å². The molecule has 3 rings (SSSR count). The van der Waals surface area contributed by atoms with Gasteiger partial charge in [0.15, 0.2) is 5.82 Å². The molecule has 0 saturated carbocycles. The molecule has 0 fully saturated rings. The third-order valence-corrected chi connectivity index (χ3v) is 4.34. The lowest BCUT2D eigenvalue weighted by Crippen LogP contribution is -2.15. The van der Waals surface area contributed by atoms with Crippen molar-refractivity contribution in [1.29, 1.82) is 0 Å². The Kier molecular flexibility index (Phi) is 5.06. The maximum Gasteiger partial charge on any atom is 0.335 e. The molecule has 0 aliphatic heterocycles. The molecule has 0 radical (unpaired) electrons. The number of aliphatic hydroxyl groups excluding tert-OH is 1. The van der Waals surface area contributed by atoms with Crippen LogP contribution in [0.4, 0.5) is 5.82 Å². The Morgan fingerprint density at radius 3 is 2.77 bits per heavy atom. The van der Waals surface area contributed by atoms with E-state index >= 15 is 0 Å². The molecule has 0 spiro atoms. The van der Waals surface area contributed by atoms with Crippen molar-refractivity contribution in [3.63, 3.8) is 0 Å². The van der Waals surface area contributed by atoms with E-state index in [-0.39, 0.29) is 5.56 Å². The molecule has 0 aliphatic carbocycles. The third kappa shape index (κ3) is 3.21. The summed E-state index contributed by atoms with van der Waals surface area (Å²) in [5.74, 6) is 5.87. The molecule has 1 aromatic carbocycles. The quantitative estimate of drug-likeness (QED) is 0.377. The second-order valence-electron chi connectivity index (χ2n) is 6.43. The van der Waals surface area contributed by atoms with Gasteiger partial charge in [0.05, 0.1) is 29.2 Å². The standard InChI is InChI=1S/C18H23N5O3/c1-3-4-5-14-21-15-16(23(14)9-10(2)24)12-7-6-11(18(25)26)8-13(12)20-17(15)22-19/h6-8,10,24H,3-5,9,19H2,1-2H3,(H,20,22)(H,25,26). The zero-order chi connectivity index (χ0) is 18.8. The average molecular weight is 357 g/mol. The number of carboxylic acids is 1. The number of aliphatic hydroxyl groups is 1. The molecule has 2 heterocycles. The minimum Gasteiger partial charge on any atom is -0.478 e. The third-order valence-electron chi connectivity index (χ3n) is 4.34. The molecule has 0 saturated heterocycles. The number of nitrogen functional groups attached to an aromatic ring is 1. The number of nitrogens with one attached hydrogen (secondary N) is 1. The summed E-state index contributed by atoms with van der Waals surface area (Å²) in [5, 5.41) is 20.0. The number of carbonyl (C=O) groups is 1. The van der Waals surface area contributed by atoms with Crippen molar-refractivity contribution < 1.29 is 15.0 Å². The Balaban J connectivity index is 2.35. The zero-order valence-electron chi connectivity index (χ0n) is 14.9. The SMILES string of the molecule is CCCCc1nc2c(NN)nc3cc(C(=O)O)ccc3c2n1CC(C)O. The lowest BCUT2D eigenvalue weighted by molar-refractivity contribution is 0.0697. The number of pyridine rings is 1. The number of nitrogens with two attached hydrogens (primary N) is 1. The number of hydrazine groups is 1. The number of hydrogen-bond donors (Lipinski definition) is 4. The van der Waals surface area contributed by atoms with E-state index in [0.29, 0.717) is 23.4 Å². The molecule has 0 bridgehead atoms. The number of rotatable bonds is 7. The second-order valence-corrected chi connectivity index (χ2v) is 6.43. The number of benzene rings is 1. The van der Waals surface area contributed by atoms with E-state index in [1.807, 2.05) is 4.57 Å². The number of aryl methyl sites for hydroxylation is 1. The molecule has 8 heteroatoms. The molecule has 26 heavy (non-hydrogen) atoms. The first-order valence-corrected chi connectivity index (χ1v) is 8.67. The Labute approximate surface area is 150 Å². The summed E-state index contributed by atoms with van der Waals surface area (Å²) in [5.41, 5.74) is 4.65. The topological polar surface area (TPSA) is 126 Å². The Bertz CT molecular complexity index is 965. The van der Waals surface area contributed by atoms with Gasteiger partial charge in [-0.05, 0) is 31.5 Å². The van der Waals surface area contributed by atoms with Crippen LogP contribution in [0.3, 0.4) is 0 Å². The molecule has 3 aromatic rings. The smallest absolute Gasteiger partial charge is 0.335 e. The minimum absolute atomic E-state index is 0.153. The van der Waals surface area contributed by atoms with Gasteiger partial charge >= 0.3 is 5.97 Å². The van der Waals surface area contributed by atoms with Crippen molar-refractivity contribution in [2.24, 2.45) is 5.84 Å². The second kappa shape index (κ2) is 7.27. The van der Waals surface area contributed by atoms with Crippen LogP contribution in [0.15, 0.2) is 18.2 Å². The Morgan fingerprint density at radius 1 is 1.38 bits per heavy atom. The van der Waals surface area contributed by atoms with Crippen LogP contribution in [-0.4, -0.2) is 36.8 Å². The fourth-order valence-electron chi connectivity index (χ4n) is 3.16. The van der Waals surface area contributed by atoms with E-state index < -0.39 is 12.1 Å². The molecular weight excluding hydrogens is 334 g/mol. The van der Waals surface area contributed by atoms with Gasteiger partial charge in [-0.1, -0.05) is 13.3 Å². The van der Waals surface area contributed by atoms with Crippen molar-refractivity contribution >= 4 is 33.7 Å². The normalized spacial score (nSPS) is 12.6. The van der Waals surface area contributed by atoms with Crippen molar-refractivity contribution in [2.75, 3.05) is 5.43 Å².